The number of rotatable bonds is 6. The van der Waals surface area contributed by atoms with Crippen molar-refractivity contribution in [3.05, 3.63) is 0 Å². The average Bonchev–Trinajstić information content (AvgIpc) is 1.97. The lowest BCUT2D eigenvalue weighted by Crippen LogP contribution is -2.27. The van der Waals surface area contributed by atoms with Crippen LogP contribution in [0, 0.1) is 0 Å². The molecule has 0 atom stereocenters. The second-order valence-corrected chi connectivity index (χ2v) is 5.20. The summed E-state index contributed by atoms with van der Waals surface area (Å²) in [6, 6.07) is 1.23. The largest absolute Gasteiger partial charge is 0.419 e. The van der Waals surface area contributed by atoms with Crippen molar-refractivity contribution in [2.24, 2.45) is 5.73 Å². The first-order chi connectivity index (χ1) is 5.12. The van der Waals surface area contributed by atoms with E-state index in [0.29, 0.717) is 0 Å². The van der Waals surface area contributed by atoms with Gasteiger partial charge in [0.2, 0.25) is 0 Å². The molecule has 2 N–H and O–H groups in total. The van der Waals surface area contributed by atoms with Gasteiger partial charge in [-0.2, -0.15) is 0 Å². The third kappa shape index (κ3) is 6.53. The van der Waals surface area contributed by atoms with Crippen molar-refractivity contribution in [1.29, 1.82) is 0 Å². The molecule has 0 saturated heterocycles. The van der Waals surface area contributed by atoms with Gasteiger partial charge in [-0.1, -0.05) is 6.92 Å². The Morgan fingerprint density at radius 1 is 1.45 bits per heavy atom. The summed E-state index contributed by atoms with van der Waals surface area (Å²) in [6.45, 7) is 7.28. The SMILES string of the molecule is CC[SiH2]OC(C)(C)CCCN. The molecule has 0 fully saturated rings. The van der Waals surface area contributed by atoms with Gasteiger partial charge in [-0.25, -0.2) is 0 Å². The zero-order valence-corrected chi connectivity index (χ0v) is 9.44. The molecule has 11 heavy (non-hydrogen) atoms. The molecular weight excluding hydrogens is 154 g/mol. The van der Waals surface area contributed by atoms with Gasteiger partial charge in [0.15, 0.2) is 9.76 Å². The Kier molecular flexibility index (Phi) is 5.82. The molecule has 68 valence electrons. The van der Waals surface area contributed by atoms with E-state index in [0.717, 1.165) is 19.4 Å². The lowest BCUT2D eigenvalue weighted by molar-refractivity contribution is 0.104. The normalized spacial score (nSPS) is 13.1. The molecule has 2 nitrogen and oxygen atoms in total. The van der Waals surface area contributed by atoms with Gasteiger partial charge >= 0.3 is 0 Å². The molecule has 0 bridgehead atoms. The van der Waals surface area contributed by atoms with Gasteiger partial charge in [-0.15, -0.1) is 0 Å². The Labute approximate surface area is 72.4 Å². The molecule has 0 aromatic heterocycles. The predicted molar refractivity (Wildman–Crippen MR) is 52.5 cm³/mol. The zero-order chi connectivity index (χ0) is 8.74. The molecule has 3 heteroatoms. The van der Waals surface area contributed by atoms with E-state index in [1.807, 2.05) is 0 Å². The Morgan fingerprint density at radius 2 is 2.09 bits per heavy atom. The lowest BCUT2D eigenvalue weighted by atomic mass is 10.0. The van der Waals surface area contributed by atoms with Crippen molar-refractivity contribution < 1.29 is 4.43 Å². The molecule has 0 amide bonds. The highest BCUT2D eigenvalue weighted by atomic mass is 28.2. The minimum absolute atomic E-state index is 0.0849. The minimum Gasteiger partial charge on any atom is -0.419 e. The predicted octanol–water partition coefficient (Wildman–Crippen LogP) is 1.04. The van der Waals surface area contributed by atoms with E-state index in [1.54, 1.807) is 0 Å². The van der Waals surface area contributed by atoms with E-state index < -0.39 is 0 Å². The molecule has 0 saturated carbocycles. The monoisotopic (exact) mass is 175 g/mol. The number of hydrogen-bond acceptors (Lipinski definition) is 2. The fourth-order valence-corrected chi connectivity index (χ4v) is 1.88. The summed E-state index contributed by atoms with van der Waals surface area (Å²) in [5.41, 5.74) is 5.51. The van der Waals surface area contributed by atoms with E-state index in [-0.39, 0.29) is 15.4 Å². The Balaban J connectivity index is 3.43. The summed E-state index contributed by atoms with van der Waals surface area (Å²) < 4.78 is 5.76. The van der Waals surface area contributed by atoms with Crippen molar-refractivity contribution in [2.75, 3.05) is 6.54 Å². The molecule has 0 aliphatic carbocycles. The van der Waals surface area contributed by atoms with Crippen LogP contribution < -0.4 is 5.73 Å². The molecule has 0 rings (SSSR count). The second kappa shape index (κ2) is 5.74. The van der Waals surface area contributed by atoms with Crippen LogP contribution in [0.15, 0.2) is 0 Å². The van der Waals surface area contributed by atoms with E-state index in [9.17, 15) is 0 Å². The van der Waals surface area contributed by atoms with Crippen molar-refractivity contribution in [3.63, 3.8) is 0 Å². The molecule has 0 spiro atoms. The maximum Gasteiger partial charge on any atom is 0.162 e. The number of nitrogens with two attached hydrogens (primary N) is 1. The van der Waals surface area contributed by atoms with Gasteiger partial charge in [0.1, 0.15) is 0 Å². The smallest absolute Gasteiger partial charge is 0.162 e. The highest BCUT2D eigenvalue weighted by Crippen LogP contribution is 2.15. The molecular formula is C8H21NOSi. The van der Waals surface area contributed by atoms with Gasteiger partial charge in [0.05, 0.1) is 0 Å². The summed E-state index contributed by atoms with van der Waals surface area (Å²) in [7, 11) is -0.251. The molecule has 0 aromatic rings. The maximum absolute atomic E-state index is 5.76. The third-order valence-corrected chi connectivity index (χ3v) is 3.07. The minimum atomic E-state index is -0.251. The van der Waals surface area contributed by atoms with Gasteiger partial charge < -0.3 is 10.2 Å². The van der Waals surface area contributed by atoms with Crippen LogP contribution in [0.2, 0.25) is 6.04 Å². The first-order valence-electron chi connectivity index (χ1n) is 4.46. The average molecular weight is 175 g/mol. The standard InChI is InChI=1S/C8H21NOSi/c1-4-11-10-8(2,3)6-5-7-9/h4-7,9,11H2,1-3H3. The van der Waals surface area contributed by atoms with Crippen LogP contribution >= 0.6 is 0 Å². The van der Waals surface area contributed by atoms with Crippen LogP contribution in [-0.2, 0) is 4.43 Å². The van der Waals surface area contributed by atoms with E-state index in [1.165, 1.54) is 6.04 Å². The van der Waals surface area contributed by atoms with Crippen LogP contribution in [0.4, 0.5) is 0 Å². The summed E-state index contributed by atoms with van der Waals surface area (Å²) in [4.78, 5) is 0. The highest BCUT2D eigenvalue weighted by Gasteiger charge is 2.15. The third-order valence-electron chi connectivity index (χ3n) is 1.68. The van der Waals surface area contributed by atoms with Gasteiger partial charge in [-0.3, -0.25) is 0 Å². The zero-order valence-electron chi connectivity index (χ0n) is 8.02. The molecule has 0 heterocycles. The van der Waals surface area contributed by atoms with Gasteiger partial charge in [0, 0.05) is 5.60 Å². The fourth-order valence-electron chi connectivity index (χ4n) is 0.978. The van der Waals surface area contributed by atoms with Gasteiger partial charge in [0.25, 0.3) is 0 Å². The van der Waals surface area contributed by atoms with E-state index in [4.69, 9.17) is 10.2 Å². The Hall–Kier alpha value is 0.137. The summed E-state index contributed by atoms with van der Waals surface area (Å²) >= 11 is 0. The van der Waals surface area contributed by atoms with Crippen molar-refractivity contribution in [1.82, 2.24) is 0 Å². The molecule has 0 unspecified atom stereocenters. The van der Waals surface area contributed by atoms with Crippen molar-refractivity contribution >= 4 is 9.76 Å². The number of hydrogen-bond donors (Lipinski definition) is 1. The van der Waals surface area contributed by atoms with Crippen LogP contribution in [0.5, 0.6) is 0 Å². The van der Waals surface area contributed by atoms with Gasteiger partial charge in [-0.05, 0) is 39.3 Å². The first kappa shape index (κ1) is 11.1. The van der Waals surface area contributed by atoms with Crippen LogP contribution in [0.3, 0.4) is 0 Å². The summed E-state index contributed by atoms with van der Waals surface area (Å²) in [6.07, 6.45) is 2.17. The maximum atomic E-state index is 5.76. The Morgan fingerprint density at radius 3 is 2.55 bits per heavy atom. The first-order valence-corrected chi connectivity index (χ1v) is 6.04. The Bertz CT molecular complexity index is 86.1. The summed E-state index contributed by atoms with van der Waals surface area (Å²) in [5, 5.41) is 0. The fraction of sp³-hybridized carbons (Fsp3) is 1.00. The topological polar surface area (TPSA) is 35.2 Å². The highest BCUT2D eigenvalue weighted by molar-refractivity contribution is 6.27. The summed E-state index contributed by atoms with van der Waals surface area (Å²) in [5.74, 6) is 0. The molecule has 0 aliphatic rings. The molecule has 0 aromatic carbocycles. The van der Waals surface area contributed by atoms with E-state index in [2.05, 4.69) is 20.8 Å². The van der Waals surface area contributed by atoms with Crippen LogP contribution in [0.1, 0.15) is 33.6 Å². The van der Waals surface area contributed by atoms with E-state index >= 15 is 0 Å². The van der Waals surface area contributed by atoms with Crippen LogP contribution in [-0.4, -0.2) is 21.9 Å². The van der Waals surface area contributed by atoms with Crippen molar-refractivity contribution in [3.8, 4) is 0 Å². The van der Waals surface area contributed by atoms with Crippen molar-refractivity contribution in [2.45, 2.75) is 45.3 Å². The quantitative estimate of drug-likeness (QED) is 0.612. The molecule has 0 radical (unpaired) electrons. The molecule has 0 aliphatic heterocycles. The lowest BCUT2D eigenvalue weighted by Gasteiger charge is -2.25. The van der Waals surface area contributed by atoms with Crippen LogP contribution in [0.25, 0.3) is 0 Å². The second-order valence-electron chi connectivity index (χ2n) is 3.50.